The SMILES string of the molecule is C/C=C/CC(CC(=O)O)C(=O)N1CCC[C@](Cc2ccc(Cl)cc2)(NC(=O)[C@@H]2COC(C)(C)N2C(=O)[C@H](C)NCc2ccc(Cl)cc2Oc2ccc(-c3cnc(CN(C)C)n3C)cc2)C1. The molecule has 3 heterocycles. The molecule has 3 N–H and O–H groups in total. The number of aromatic nitrogens is 2. The van der Waals surface area contributed by atoms with Gasteiger partial charge in [-0.15, -0.1) is 0 Å². The maximum atomic E-state index is 14.6. The van der Waals surface area contributed by atoms with Crippen LogP contribution in [0.25, 0.3) is 11.3 Å². The van der Waals surface area contributed by atoms with Gasteiger partial charge in [0.2, 0.25) is 17.7 Å². The number of carbonyl (C=O) groups is 4. The van der Waals surface area contributed by atoms with Crippen molar-refractivity contribution in [1.29, 1.82) is 0 Å². The number of hydrogen-bond acceptors (Lipinski definition) is 9. The first kappa shape index (κ1) is 49.2. The second kappa shape index (κ2) is 21.4. The van der Waals surface area contributed by atoms with Crippen molar-refractivity contribution in [1.82, 2.24) is 34.9 Å². The number of likely N-dealkylation sites (tertiary alicyclic amines) is 1. The lowest BCUT2D eigenvalue weighted by Gasteiger charge is -2.45. The van der Waals surface area contributed by atoms with Crippen LogP contribution in [0.5, 0.6) is 11.5 Å². The highest BCUT2D eigenvalue weighted by atomic mass is 35.5. The highest BCUT2D eigenvalue weighted by molar-refractivity contribution is 6.31. The summed E-state index contributed by atoms with van der Waals surface area (Å²) in [7, 11) is 6.02. The van der Waals surface area contributed by atoms with Crippen LogP contribution in [0.1, 0.15) is 70.3 Å². The molecule has 6 rings (SSSR count). The van der Waals surface area contributed by atoms with E-state index < -0.39 is 41.1 Å². The molecule has 1 aromatic heterocycles. The van der Waals surface area contributed by atoms with Crippen LogP contribution in [0, 0.1) is 5.92 Å². The number of hydrogen-bond donors (Lipinski definition) is 3. The van der Waals surface area contributed by atoms with Crippen LogP contribution < -0.4 is 15.4 Å². The Morgan fingerprint density at radius 1 is 1.03 bits per heavy atom. The van der Waals surface area contributed by atoms with E-state index in [1.54, 1.807) is 62.1 Å². The highest BCUT2D eigenvalue weighted by Gasteiger charge is 2.50. The normalized spacial score (nSPS) is 19.4. The van der Waals surface area contributed by atoms with Crippen LogP contribution in [0.15, 0.2) is 85.1 Å². The number of aliphatic carboxylic acids is 1. The predicted octanol–water partition coefficient (Wildman–Crippen LogP) is 7.47. The van der Waals surface area contributed by atoms with Crippen molar-refractivity contribution in [3.63, 3.8) is 0 Å². The zero-order chi connectivity index (χ0) is 47.1. The summed E-state index contributed by atoms with van der Waals surface area (Å²) < 4.78 is 14.6. The molecule has 2 saturated heterocycles. The van der Waals surface area contributed by atoms with Crippen molar-refractivity contribution in [2.45, 2.75) is 96.2 Å². The summed E-state index contributed by atoms with van der Waals surface area (Å²) >= 11 is 12.7. The Morgan fingerprint density at radius 3 is 2.42 bits per heavy atom. The zero-order valence-electron chi connectivity index (χ0n) is 38.3. The number of carboxylic acid groups (broad SMARTS) is 1. The molecule has 2 aliphatic rings. The molecule has 14 nitrogen and oxygen atoms in total. The molecule has 2 aliphatic heterocycles. The molecule has 0 bridgehead atoms. The van der Waals surface area contributed by atoms with E-state index in [9.17, 15) is 24.3 Å². The fourth-order valence-corrected chi connectivity index (χ4v) is 8.99. The van der Waals surface area contributed by atoms with Gasteiger partial charge in [0.25, 0.3) is 0 Å². The maximum Gasteiger partial charge on any atom is 0.304 e. The van der Waals surface area contributed by atoms with Gasteiger partial charge in [0.05, 0.1) is 49.0 Å². The molecule has 4 aromatic rings. The van der Waals surface area contributed by atoms with Crippen molar-refractivity contribution in [3.05, 3.63) is 112 Å². The Labute approximate surface area is 391 Å². The zero-order valence-corrected chi connectivity index (χ0v) is 39.8. The summed E-state index contributed by atoms with van der Waals surface area (Å²) in [5.74, 6) is -0.738. The number of ether oxygens (including phenoxy) is 2. The third-order valence-electron chi connectivity index (χ3n) is 12.1. The molecule has 4 atom stereocenters. The minimum atomic E-state index is -1.12. The van der Waals surface area contributed by atoms with Crippen LogP contribution in [0.2, 0.25) is 10.0 Å². The maximum absolute atomic E-state index is 14.6. The van der Waals surface area contributed by atoms with Gasteiger partial charge in [-0.1, -0.05) is 53.6 Å². The van der Waals surface area contributed by atoms with E-state index in [-0.39, 0.29) is 37.9 Å². The minimum Gasteiger partial charge on any atom is -0.481 e. The fraction of sp³-hybridized carbons (Fsp3) is 0.449. The molecular formula is C49H61Cl2N7O7. The van der Waals surface area contributed by atoms with Gasteiger partial charge < -0.3 is 39.6 Å². The molecule has 0 aliphatic carbocycles. The Morgan fingerprint density at radius 2 is 1.74 bits per heavy atom. The van der Waals surface area contributed by atoms with Crippen molar-refractivity contribution in [2.24, 2.45) is 13.0 Å². The number of nitrogens with zero attached hydrogens (tertiary/aromatic N) is 5. The van der Waals surface area contributed by atoms with Crippen LogP contribution in [0.3, 0.4) is 0 Å². The summed E-state index contributed by atoms with van der Waals surface area (Å²) in [5.41, 5.74) is 1.59. The molecule has 0 spiro atoms. The number of carbonyl (C=O) groups excluding carboxylic acids is 3. The lowest BCUT2D eigenvalue weighted by Crippen LogP contribution is -2.65. The Hall–Kier alpha value is -5.25. The topological polar surface area (TPSA) is 159 Å². The average Bonchev–Trinajstić information content (AvgIpc) is 3.79. The van der Waals surface area contributed by atoms with Gasteiger partial charge in [-0.05, 0) is 122 Å². The number of allylic oxidation sites excluding steroid dienone is 2. The Bertz CT molecular complexity index is 2350. The number of amides is 3. The van der Waals surface area contributed by atoms with E-state index in [2.05, 4.69) is 25.1 Å². The third-order valence-corrected chi connectivity index (χ3v) is 12.6. The van der Waals surface area contributed by atoms with Gasteiger partial charge >= 0.3 is 5.97 Å². The fourth-order valence-electron chi connectivity index (χ4n) is 8.70. The lowest BCUT2D eigenvalue weighted by molar-refractivity contribution is -0.152. The number of piperidine rings is 1. The molecule has 3 amide bonds. The highest BCUT2D eigenvalue weighted by Crippen LogP contribution is 2.34. The second-order valence-electron chi connectivity index (χ2n) is 17.9. The van der Waals surface area contributed by atoms with Gasteiger partial charge in [-0.25, -0.2) is 4.98 Å². The number of nitrogens with one attached hydrogen (secondary N) is 2. The van der Waals surface area contributed by atoms with Gasteiger partial charge in [-0.2, -0.15) is 0 Å². The number of benzene rings is 3. The second-order valence-corrected chi connectivity index (χ2v) is 18.7. The van der Waals surface area contributed by atoms with Gasteiger partial charge in [0.15, 0.2) is 0 Å². The molecule has 0 radical (unpaired) electrons. The summed E-state index contributed by atoms with van der Waals surface area (Å²) in [6, 6.07) is 18.7. The van der Waals surface area contributed by atoms with E-state index in [1.807, 2.05) is 76.7 Å². The van der Waals surface area contributed by atoms with E-state index >= 15 is 0 Å². The molecule has 2 fully saturated rings. The van der Waals surface area contributed by atoms with Gasteiger partial charge in [0, 0.05) is 47.9 Å². The number of halogens is 2. The number of carboxylic acids is 1. The van der Waals surface area contributed by atoms with Crippen LogP contribution in [-0.2, 0) is 50.5 Å². The molecule has 1 unspecified atom stereocenters. The molecule has 16 heteroatoms. The standard InChI is InChI=1S/C49H61Cl2N7O7/c1-8-9-11-35(24-44(59)60)47(63)57-23-10-22-49(31-57,26-33-12-17-37(50)18-13-33)54-45(61)41-30-64-48(3,4)58(41)46(62)32(2)52-27-36-14-19-38(51)25-42(36)65-39-20-15-34(16-21-39)40-28-53-43(56(40)7)29-55(5)6/h8-9,12-21,25,28,32,35,41,52H,10-11,22-24,26-27,29-31H2,1-7H3,(H,54,61)(H,59,60)/b9-8+/t32-,35?,41-,49+/m0/s1. The Balaban J connectivity index is 1.16. The first-order valence-electron chi connectivity index (χ1n) is 22.0. The van der Waals surface area contributed by atoms with Crippen molar-refractivity contribution >= 4 is 46.9 Å². The van der Waals surface area contributed by atoms with E-state index in [4.69, 9.17) is 32.7 Å². The third kappa shape index (κ3) is 12.4. The minimum absolute atomic E-state index is 0.0349. The lowest BCUT2D eigenvalue weighted by atomic mass is 9.82. The van der Waals surface area contributed by atoms with Gasteiger partial charge in [0.1, 0.15) is 29.1 Å². The van der Waals surface area contributed by atoms with E-state index in [0.717, 1.165) is 34.8 Å². The number of rotatable bonds is 18. The first-order valence-corrected chi connectivity index (χ1v) is 22.7. The van der Waals surface area contributed by atoms with E-state index in [1.165, 1.54) is 4.90 Å². The van der Waals surface area contributed by atoms with Gasteiger partial charge in [-0.3, -0.25) is 24.1 Å². The summed E-state index contributed by atoms with van der Waals surface area (Å²) in [5, 5.41) is 17.3. The summed E-state index contributed by atoms with van der Waals surface area (Å²) in [6.07, 6.45) is 6.94. The Kier molecular flexibility index (Phi) is 16.2. The molecule has 3 aromatic carbocycles. The number of imidazole rings is 1. The summed E-state index contributed by atoms with van der Waals surface area (Å²) in [4.78, 5) is 64.7. The predicted molar refractivity (Wildman–Crippen MR) is 252 cm³/mol. The smallest absolute Gasteiger partial charge is 0.304 e. The van der Waals surface area contributed by atoms with E-state index in [0.29, 0.717) is 53.8 Å². The quantitative estimate of drug-likeness (QED) is 0.0856. The largest absolute Gasteiger partial charge is 0.481 e. The van der Waals surface area contributed by atoms with Crippen LogP contribution >= 0.6 is 23.2 Å². The average molecular weight is 931 g/mol. The van der Waals surface area contributed by atoms with Crippen LogP contribution in [-0.4, -0.2) is 110 Å². The molecule has 348 valence electrons. The van der Waals surface area contributed by atoms with Crippen molar-refractivity contribution < 1.29 is 33.8 Å². The monoisotopic (exact) mass is 929 g/mol. The molecule has 65 heavy (non-hydrogen) atoms. The molecule has 0 saturated carbocycles. The summed E-state index contributed by atoms with van der Waals surface area (Å²) in [6.45, 7) is 8.61. The van der Waals surface area contributed by atoms with Crippen LogP contribution in [0.4, 0.5) is 0 Å². The first-order chi connectivity index (χ1) is 30.9. The van der Waals surface area contributed by atoms with Crippen molar-refractivity contribution in [3.8, 4) is 22.8 Å². The van der Waals surface area contributed by atoms with Crippen molar-refractivity contribution in [2.75, 3.05) is 33.8 Å². The molecular weight excluding hydrogens is 869 g/mol.